The van der Waals surface area contributed by atoms with Gasteiger partial charge in [0, 0.05) is 19.1 Å². The Morgan fingerprint density at radius 1 is 1.05 bits per heavy atom. The second-order valence-electron chi connectivity index (χ2n) is 11.2. The molecular weight excluding hydrogens is 552 g/mol. The molecule has 0 radical (unpaired) electrons. The SMILES string of the molecule is CCCOc1cc2c(c(OCOC)c1)C(=O)O[C@@H](C)[C@H](C)/C=C\C(OC(=O)c1ccccc1)C1OC(C)(C)O[C@H]1CC=C2. The van der Waals surface area contributed by atoms with E-state index in [0.717, 1.165) is 6.42 Å². The molecule has 0 amide bonds. The monoisotopic (exact) mass is 594 g/mol. The molecule has 2 aliphatic heterocycles. The first-order valence-corrected chi connectivity index (χ1v) is 14.7. The van der Waals surface area contributed by atoms with Crippen LogP contribution in [-0.4, -0.2) is 62.7 Å². The van der Waals surface area contributed by atoms with Crippen LogP contribution in [0.25, 0.3) is 6.08 Å². The molecule has 1 saturated heterocycles. The number of cyclic esters (lactones) is 1. The molecule has 0 saturated carbocycles. The van der Waals surface area contributed by atoms with Gasteiger partial charge in [0.1, 0.15) is 35.4 Å². The molecule has 5 atom stereocenters. The number of benzene rings is 2. The first-order chi connectivity index (χ1) is 20.6. The normalized spacial score (nSPS) is 25.9. The molecule has 4 rings (SSSR count). The summed E-state index contributed by atoms with van der Waals surface area (Å²) in [6.07, 6.45) is 6.32. The maximum atomic E-state index is 13.6. The second kappa shape index (κ2) is 14.7. The number of methoxy groups -OCH3 is 1. The van der Waals surface area contributed by atoms with Crippen molar-refractivity contribution >= 4 is 18.0 Å². The van der Waals surface area contributed by atoms with Crippen molar-refractivity contribution in [3.63, 3.8) is 0 Å². The molecule has 2 aromatic rings. The molecule has 0 bridgehead atoms. The molecule has 0 N–H and O–H groups in total. The van der Waals surface area contributed by atoms with Crippen LogP contribution in [0, 0.1) is 5.92 Å². The van der Waals surface area contributed by atoms with Gasteiger partial charge in [0.15, 0.2) is 12.6 Å². The summed E-state index contributed by atoms with van der Waals surface area (Å²) in [6, 6.07) is 12.3. The molecule has 9 heteroatoms. The summed E-state index contributed by atoms with van der Waals surface area (Å²) >= 11 is 0. The molecule has 0 aromatic heterocycles. The smallest absolute Gasteiger partial charge is 0.342 e. The third-order valence-corrected chi connectivity index (χ3v) is 7.22. The van der Waals surface area contributed by atoms with Crippen molar-refractivity contribution in [3.8, 4) is 11.5 Å². The van der Waals surface area contributed by atoms with Gasteiger partial charge in [-0.3, -0.25) is 0 Å². The van der Waals surface area contributed by atoms with Gasteiger partial charge in [-0.25, -0.2) is 9.59 Å². The third-order valence-electron chi connectivity index (χ3n) is 7.22. The van der Waals surface area contributed by atoms with Crippen LogP contribution >= 0.6 is 0 Å². The lowest BCUT2D eigenvalue weighted by Gasteiger charge is -2.25. The Morgan fingerprint density at radius 3 is 2.53 bits per heavy atom. The summed E-state index contributed by atoms with van der Waals surface area (Å²) in [5, 5.41) is 0. The van der Waals surface area contributed by atoms with Crippen molar-refractivity contribution in [2.75, 3.05) is 20.5 Å². The van der Waals surface area contributed by atoms with E-state index < -0.39 is 42.1 Å². The molecule has 2 aliphatic rings. The minimum Gasteiger partial charge on any atom is -0.493 e. The Morgan fingerprint density at radius 2 is 1.81 bits per heavy atom. The van der Waals surface area contributed by atoms with Crippen molar-refractivity contribution in [2.45, 2.75) is 77.7 Å². The average Bonchev–Trinajstić information content (AvgIpc) is 3.30. The van der Waals surface area contributed by atoms with Gasteiger partial charge >= 0.3 is 11.9 Å². The zero-order valence-electron chi connectivity index (χ0n) is 25.7. The summed E-state index contributed by atoms with van der Waals surface area (Å²) in [4.78, 5) is 26.7. The molecule has 2 unspecified atom stereocenters. The van der Waals surface area contributed by atoms with E-state index in [2.05, 4.69) is 0 Å². The van der Waals surface area contributed by atoms with Gasteiger partial charge in [0.05, 0.1) is 18.3 Å². The van der Waals surface area contributed by atoms with Crippen LogP contribution in [-0.2, 0) is 23.7 Å². The number of hydrogen-bond donors (Lipinski definition) is 0. The lowest BCUT2D eigenvalue weighted by molar-refractivity contribution is -0.152. The van der Waals surface area contributed by atoms with Crippen LogP contribution in [0.4, 0.5) is 0 Å². The van der Waals surface area contributed by atoms with Gasteiger partial charge in [-0.05, 0) is 63.5 Å². The quantitative estimate of drug-likeness (QED) is 0.196. The van der Waals surface area contributed by atoms with Crippen molar-refractivity contribution < 1.29 is 42.7 Å². The Hall–Kier alpha value is -3.66. The largest absolute Gasteiger partial charge is 0.493 e. The highest BCUT2D eigenvalue weighted by atomic mass is 16.8. The lowest BCUT2D eigenvalue weighted by atomic mass is 9.98. The van der Waals surface area contributed by atoms with Crippen molar-refractivity contribution in [3.05, 3.63) is 77.4 Å². The van der Waals surface area contributed by atoms with Crippen LogP contribution in [0.1, 0.15) is 73.7 Å². The first-order valence-electron chi connectivity index (χ1n) is 14.7. The van der Waals surface area contributed by atoms with Gasteiger partial charge in [0.2, 0.25) is 0 Å². The van der Waals surface area contributed by atoms with E-state index in [1.807, 2.05) is 58.9 Å². The third kappa shape index (κ3) is 8.46. The predicted octanol–water partition coefficient (Wildman–Crippen LogP) is 6.36. The minimum absolute atomic E-state index is 0.0531. The Balaban J connectivity index is 1.74. The number of fused-ring (bicyclic) bond motifs is 2. The predicted molar refractivity (Wildman–Crippen MR) is 161 cm³/mol. The average molecular weight is 595 g/mol. The highest BCUT2D eigenvalue weighted by Gasteiger charge is 2.45. The Kier molecular flexibility index (Phi) is 11.0. The van der Waals surface area contributed by atoms with Gasteiger partial charge in [-0.15, -0.1) is 0 Å². The maximum Gasteiger partial charge on any atom is 0.342 e. The van der Waals surface area contributed by atoms with E-state index in [-0.39, 0.29) is 18.3 Å². The zero-order chi connectivity index (χ0) is 31.0. The molecule has 9 nitrogen and oxygen atoms in total. The van der Waals surface area contributed by atoms with E-state index in [9.17, 15) is 9.59 Å². The highest BCUT2D eigenvalue weighted by molar-refractivity contribution is 5.97. The number of esters is 2. The zero-order valence-corrected chi connectivity index (χ0v) is 25.7. The molecular formula is C34H42O9. The molecule has 0 spiro atoms. The van der Waals surface area contributed by atoms with E-state index in [1.165, 1.54) is 7.11 Å². The van der Waals surface area contributed by atoms with Gasteiger partial charge < -0.3 is 33.2 Å². The maximum absolute atomic E-state index is 13.6. The van der Waals surface area contributed by atoms with E-state index in [0.29, 0.717) is 35.7 Å². The van der Waals surface area contributed by atoms with Crippen molar-refractivity contribution in [1.82, 2.24) is 0 Å². The molecule has 43 heavy (non-hydrogen) atoms. The van der Waals surface area contributed by atoms with Crippen molar-refractivity contribution in [1.29, 1.82) is 0 Å². The van der Waals surface area contributed by atoms with Crippen LogP contribution in [0.15, 0.2) is 60.7 Å². The van der Waals surface area contributed by atoms with Crippen molar-refractivity contribution in [2.24, 2.45) is 5.92 Å². The molecule has 1 fully saturated rings. The fourth-order valence-corrected chi connectivity index (χ4v) is 4.91. The summed E-state index contributed by atoms with van der Waals surface area (Å²) in [7, 11) is 1.51. The summed E-state index contributed by atoms with van der Waals surface area (Å²) < 4.78 is 41.4. The number of carbonyl (C=O) groups excluding carboxylic acids is 2. The molecule has 232 valence electrons. The summed E-state index contributed by atoms with van der Waals surface area (Å²) in [5.74, 6) is -1.28. The second-order valence-corrected chi connectivity index (χ2v) is 11.2. The fraction of sp³-hybridized carbons (Fsp3) is 0.471. The summed E-state index contributed by atoms with van der Waals surface area (Å²) in [5.41, 5.74) is 1.27. The summed E-state index contributed by atoms with van der Waals surface area (Å²) in [6.45, 7) is 9.88. The van der Waals surface area contributed by atoms with Crippen LogP contribution < -0.4 is 9.47 Å². The molecule has 2 heterocycles. The topological polar surface area (TPSA) is 98.8 Å². The van der Waals surface area contributed by atoms with Crippen LogP contribution in [0.3, 0.4) is 0 Å². The number of ether oxygens (including phenoxy) is 7. The first kappa shape index (κ1) is 32.3. The lowest BCUT2D eigenvalue weighted by Crippen LogP contribution is -2.37. The standard InChI is InChI=1S/C34H42O9/c1-7-18-38-26-19-25-14-11-15-28-31(43-34(4,5)42-28)27(41-32(35)24-12-9-8-10-13-24)17-16-22(2)23(3)40-33(36)30(25)29(20-26)39-21-37-6/h8-14,16-17,19-20,22-23,27-28,31H,7,15,18,21H2,1-6H3/b14-11?,17-16-/t22-,23+,27?,28+,31?/m1/s1. The van der Waals surface area contributed by atoms with Crippen LogP contribution in [0.2, 0.25) is 0 Å². The Labute approximate surface area is 253 Å². The van der Waals surface area contributed by atoms with E-state index in [1.54, 1.807) is 42.5 Å². The van der Waals surface area contributed by atoms with Gasteiger partial charge in [0.25, 0.3) is 0 Å². The van der Waals surface area contributed by atoms with Crippen LogP contribution in [0.5, 0.6) is 11.5 Å². The Bertz CT molecular complexity index is 1300. The van der Waals surface area contributed by atoms with Gasteiger partial charge in [-0.2, -0.15) is 0 Å². The van der Waals surface area contributed by atoms with E-state index in [4.69, 9.17) is 33.2 Å². The highest BCUT2D eigenvalue weighted by Crippen LogP contribution is 2.36. The molecule has 2 aromatic carbocycles. The van der Waals surface area contributed by atoms with Gasteiger partial charge in [-0.1, -0.05) is 50.3 Å². The number of rotatable bonds is 8. The minimum atomic E-state index is -0.902. The number of hydrogen-bond acceptors (Lipinski definition) is 9. The van der Waals surface area contributed by atoms with E-state index >= 15 is 0 Å². The number of carbonyl (C=O) groups is 2. The molecule has 0 aliphatic carbocycles. The fourth-order valence-electron chi connectivity index (χ4n) is 4.91.